The van der Waals surface area contributed by atoms with Gasteiger partial charge in [-0.2, -0.15) is 0 Å². The molecule has 0 N–H and O–H groups in total. The molecule has 0 radical (unpaired) electrons. The minimum Gasteiger partial charge on any atom is -0.447 e. The molecule has 0 spiro atoms. The minimum atomic E-state index is -4.80. The fourth-order valence-electron chi connectivity index (χ4n) is 0.422. The largest absolute Gasteiger partial charge is 1.00 e. The molecule has 6 heteroatoms. The molecule has 0 aliphatic carbocycles. The van der Waals surface area contributed by atoms with Gasteiger partial charge in [0.2, 0.25) is 0 Å². The number of rotatable bonds is 4. The predicted molar refractivity (Wildman–Crippen MR) is 39.4 cm³/mol. The maximum Gasteiger partial charge on any atom is 1.00 e. The summed E-state index contributed by atoms with van der Waals surface area (Å²) in [6.45, 7) is -0.802. The van der Waals surface area contributed by atoms with E-state index in [1.54, 1.807) is 20.8 Å². The first-order chi connectivity index (χ1) is 4.77. The Balaban J connectivity index is 0. The van der Waals surface area contributed by atoms with Crippen molar-refractivity contribution in [1.82, 2.24) is 0 Å². The van der Waals surface area contributed by atoms with Crippen molar-refractivity contribution < 1.29 is 69.1 Å². The van der Waals surface area contributed by atoms with Gasteiger partial charge in [-0.05, 0) is 20.3 Å². The molecule has 12 heavy (non-hydrogen) atoms. The third kappa shape index (κ3) is 9.54. The van der Waals surface area contributed by atoms with Crippen molar-refractivity contribution in [2.75, 3.05) is 6.51 Å². The van der Waals surface area contributed by atoms with Gasteiger partial charge in [-0.3, -0.25) is 0 Å². The van der Waals surface area contributed by atoms with Gasteiger partial charge in [0, 0.05) is 6.51 Å². The number of halogens is 3. The molecule has 0 aliphatic rings. The smallest absolute Gasteiger partial charge is 0.447 e. The van der Waals surface area contributed by atoms with E-state index >= 15 is 0 Å². The SMILES string of the molecule is CCC(C)(C)OC[B-](F)(F)F.[K+]. The third-order valence-corrected chi connectivity index (χ3v) is 1.51. The molecule has 0 aromatic carbocycles. The van der Waals surface area contributed by atoms with Crippen molar-refractivity contribution >= 4 is 6.98 Å². The summed E-state index contributed by atoms with van der Waals surface area (Å²) in [5.41, 5.74) is -0.655. The van der Waals surface area contributed by atoms with Gasteiger partial charge in [-0.25, -0.2) is 0 Å². The maximum atomic E-state index is 11.7. The summed E-state index contributed by atoms with van der Waals surface area (Å²) >= 11 is 0. The van der Waals surface area contributed by atoms with Crippen LogP contribution in [0.1, 0.15) is 27.2 Å². The molecule has 0 amide bonds. The van der Waals surface area contributed by atoms with Crippen molar-refractivity contribution in [3.8, 4) is 0 Å². The second-order valence-corrected chi connectivity index (χ2v) is 3.13. The van der Waals surface area contributed by atoms with E-state index in [9.17, 15) is 12.9 Å². The molecular formula is C6H13BF3KO. The van der Waals surface area contributed by atoms with Crippen LogP contribution in [0.2, 0.25) is 0 Å². The molecule has 0 heterocycles. The van der Waals surface area contributed by atoms with Crippen molar-refractivity contribution in [3.05, 3.63) is 0 Å². The van der Waals surface area contributed by atoms with Crippen LogP contribution < -0.4 is 51.4 Å². The van der Waals surface area contributed by atoms with Crippen LogP contribution in [0.3, 0.4) is 0 Å². The van der Waals surface area contributed by atoms with Gasteiger partial charge in [0.15, 0.2) is 0 Å². The molecule has 0 aliphatic heterocycles. The Kier molecular flexibility index (Phi) is 8.00. The number of ether oxygens (including phenoxy) is 1. The zero-order valence-corrected chi connectivity index (χ0v) is 11.2. The summed E-state index contributed by atoms with van der Waals surface area (Å²) in [5.74, 6) is 0. The Hall–Kier alpha value is 1.45. The number of hydrogen-bond donors (Lipinski definition) is 0. The molecule has 0 aromatic heterocycles. The zero-order chi connectivity index (χ0) is 9.12. The molecule has 0 unspecified atom stereocenters. The Labute approximate surface area is 114 Å². The van der Waals surface area contributed by atoms with E-state index < -0.39 is 19.1 Å². The average Bonchev–Trinajstić information content (AvgIpc) is 1.83. The fourth-order valence-corrected chi connectivity index (χ4v) is 0.422. The molecule has 0 atom stereocenters. The van der Waals surface area contributed by atoms with Gasteiger partial charge in [0.05, 0.1) is 5.60 Å². The third-order valence-electron chi connectivity index (χ3n) is 1.51. The molecule has 0 bridgehead atoms. The van der Waals surface area contributed by atoms with Gasteiger partial charge in [-0.15, -0.1) is 0 Å². The van der Waals surface area contributed by atoms with Crippen LogP contribution in [-0.2, 0) is 4.74 Å². The van der Waals surface area contributed by atoms with Crippen molar-refractivity contribution in [2.45, 2.75) is 32.8 Å². The molecule has 0 saturated carbocycles. The molecule has 0 aromatic rings. The van der Waals surface area contributed by atoms with E-state index in [1.807, 2.05) is 0 Å². The van der Waals surface area contributed by atoms with Crippen LogP contribution in [0.25, 0.3) is 0 Å². The van der Waals surface area contributed by atoms with E-state index in [-0.39, 0.29) is 51.4 Å². The summed E-state index contributed by atoms with van der Waals surface area (Å²) < 4.78 is 39.6. The fraction of sp³-hybridized carbons (Fsp3) is 1.00. The normalized spacial score (nSPS) is 12.5. The van der Waals surface area contributed by atoms with Crippen LogP contribution in [0.4, 0.5) is 12.9 Å². The van der Waals surface area contributed by atoms with Gasteiger partial charge < -0.3 is 17.7 Å². The first-order valence-electron chi connectivity index (χ1n) is 3.62. The van der Waals surface area contributed by atoms with E-state index in [1.165, 1.54) is 0 Å². The quantitative estimate of drug-likeness (QED) is 0.570. The first kappa shape index (κ1) is 15.9. The molecule has 0 fully saturated rings. The molecule has 0 saturated heterocycles. The van der Waals surface area contributed by atoms with Crippen molar-refractivity contribution in [3.63, 3.8) is 0 Å². The molecule has 0 rings (SSSR count). The Morgan fingerprint density at radius 3 is 1.92 bits per heavy atom. The van der Waals surface area contributed by atoms with Gasteiger partial charge >= 0.3 is 58.4 Å². The Bertz CT molecular complexity index is 126. The van der Waals surface area contributed by atoms with E-state index in [2.05, 4.69) is 4.74 Å². The molecule has 68 valence electrons. The summed E-state index contributed by atoms with van der Waals surface area (Å²) in [6.07, 6.45) is 0.582. The Morgan fingerprint density at radius 1 is 1.25 bits per heavy atom. The topological polar surface area (TPSA) is 9.23 Å². The monoisotopic (exact) mass is 208 g/mol. The molecule has 1 nitrogen and oxygen atoms in total. The minimum absolute atomic E-state index is 0. The summed E-state index contributed by atoms with van der Waals surface area (Å²) in [4.78, 5) is 0. The summed E-state index contributed by atoms with van der Waals surface area (Å²) in [5, 5.41) is 0. The van der Waals surface area contributed by atoms with Crippen LogP contribution in [0.15, 0.2) is 0 Å². The standard InChI is InChI=1S/C6H13BF3O.K/c1-4-6(2,3)11-5-7(8,9)10;/h4-5H2,1-3H3;/q-1;+1. The zero-order valence-electron chi connectivity index (χ0n) is 8.03. The van der Waals surface area contributed by atoms with Gasteiger partial charge in [0.25, 0.3) is 0 Å². The Morgan fingerprint density at radius 2 is 1.67 bits per heavy atom. The van der Waals surface area contributed by atoms with Gasteiger partial charge in [-0.1, -0.05) is 6.92 Å². The van der Waals surface area contributed by atoms with Crippen LogP contribution in [-0.4, -0.2) is 19.1 Å². The van der Waals surface area contributed by atoms with Crippen LogP contribution in [0.5, 0.6) is 0 Å². The van der Waals surface area contributed by atoms with Crippen LogP contribution >= 0.6 is 0 Å². The van der Waals surface area contributed by atoms with Crippen molar-refractivity contribution in [2.24, 2.45) is 0 Å². The van der Waals surface area contributed by atoms with E-state index in [0.717, 1.165) is 0 Å². The van der Waals surface area contributed by atoms with Crippen LogP contribution in [0, 0.1) is 0 Å². The van der Waals surface area contributed by atoms with E-state index in [4.69, 9.17) is 0 Å². The first-order valence-corrected chi connectivity index (χ1v) is 3.62. The second kappa shape index (κ2) is 6.03. The summed E-state index contributed by atoms with van der Waals surface area (Å²) in [6, 6.07) is 0. The van der Waals surface area contributed by atoms with E-state index in [0.29, 0.717) is 6.42 Å². The van der Waals surface area contributed by atoms with Gasteiger partial charge in [0.1, 0.15) is 0 Å². The molecular weight excluding hydrogens is 195 g/mol. The maximum absolute atomic E-state index is 11.7. The number of hydrogen-bond acceptors (Lipinski definition) is 1. The second-order valence-electron chi connectivity index (χ2n) is 3.13. The average molecular weight is 208 g/mol. The summed E-state index contributed by atoms with van der Waals surface area (Å²) in [7, 11) is 0. The predicted octanol–water partition coefficient (Wildman–Crippen LogP) is -0.418. The van der Waals surface area contributed by atoms with Crippen molar-refractivity contribution in [1.29, 1.82) is 0 Å².